The van der Waals surface area contributed by atoms with E-state index in [9.17, 15) is 0 Å². The van der Waals surface area contributed by atoms with Crippen LogP contribution in [0.4, 0.5) is 0 Å². The number of aromatic amines is 1. The summed E-state index contributed by atoms with van der Waals surface area (Å²) in [6.45, 7) is 2.26. The van der Waals surface area contributed by atoms with Gasteiger partial charge in [0.25, 0.3) is 0 Å². The molecule has 1 heterocycles. The molecule has 0 atom stereocenters. The Hall–Kier alpha value is -0.510. The van der Waals surface area contributed by atoms with Gasteiger partial charge in [-0.15, -0.1) is 0 Å². The van der Waals surface area contributed by atoms with E-state index in [2.05, 4.69) is 36.2 Å². The molecule has 0 aliphatic rings. The molecule has 1 aromatic heterocycles. The molecule has 0 unspecified atom stereocenters. The van der Waals surface area contributed by atoms with E-state index in [0.717, 1.165) is 0 Å². The van der Waals surface area contributed by atoms with E-state index in [-0.39, 0.29) is 21.2 Å². The van der Waals surface area contributed by atoms with Crippen LogP contribution in [0.15, 0.2) is 30.5 Å². The van der Waals surface area contributed by atoms with Gasteiger partial charge in [-0.05, 0) is 0 Å². The summed E-state index contributed by atoms with van der Waals surface area (Å²) in [7, 11) is 0. The Morgan fingerprint density at radius 2 is 2.25 bits per heavy atom. The first kappa shape index (κ1) is 8.10. The third-order valence-corrected chi connectivity index (χ3v) is 4.12. The number of nitrogens with one attached hydrogen (secondary N) is 1. The zero-order valence-corrected chi connectivity index (χ0v) is 9.13. The van der Waals surface area contributed by atoms with Gasteiger partial charge < -0.3 is 0 Å². The molecule has 0 aliphatic carbocycles. The molecule has 0 amide bonds. The summed E-state index contributed by atoms with van der Waals surface area (Å²) < 4.78 is 2.87. The van der Waals surface area contributed by atoms with Gasteiger partial charge >= 0.3 is 82.5 Å². The van der Waals surface area contributed by atoms with E-state index in [0.29, 0.717) is 0 Å². The molecule has 2 heteroatoms. The molecule has 1 N–H and O–H groups in total. The van der Waals surface area contributed by atoms with Crippen LogP contribution >= 0.6 is 0 Å². The number of hydrogen-bond acceptors (Lipinski definition) is 0. The van der Waals surface area contributed by atoms with Crippen LogP contribution in [-0.4, -0.2) is 9.41 Å². The molecule has 1 aromatic carbocycles. The van der Waals surface area contributed by atoms with Gasteiger partial charge in [0, 0.05) is 0 Å². The van der Waals surface area contributed by atoms with E-state index in [4.69, 9.17) is 0 Å². The van der Waals surface area contributed by atoms with Crippen LogP contribution in [0.25, 0.3) is 10.9 Å². The van der Waals surface area contributed by atoms with E-state index in [1.807, 2.05) is 6.20 Å². The Bertz CT molecular complexity index is 378. The number of hydrogen-bond donors (Lipinski definition) is 1. The van der Waals surface area contributed by atoms with Gasteiger partial charge in [0.2, 0.25) is 0 Å². The zero-order chi connectivity index (χ0) is 8.39. The molecule has 0 saturated heterocycles. The van der Waals surface area contributed by atoms with Crippen LogP contribution < -0.4 is 21.2 Å². The van der Waals surface area contributed by atoms with Crippen molar-refractivity contribution in [2.45, 2.75) is 6.92 Å². The van der Waals surface area contributed by atoms with Crippen molar-refractivity contribution in [2.24, 2.45) is 0 Å². The van der Waals surface area contributed by atoms with Crippen molar-refractivity contribution in [3.05, 3.63) is 34.0 Å². The fraction of sp³-hybridized carbons (Fsp3) is 0.200. The van der Waals surface area contributed by atoms with Crippen molar-refractivity contribution in [3.63, 3.8) is 0 Å². The average molecular weight is 272 g/mol. The molecular formula is C10H11IN-. The molecule has 0 spiro atoms. The predicted octanol–water partition coefficient (Wildman–Crippen LogP) is -0.554. The number of halogens is 1. The minimum atomic E-state index is 0.260. The van der Waals surface area contributed by atoms with Gasteiger partial charge in [-0.1, -0.05) is 0 Å². The van der Waals surface area contributed by atoms with Gasteiger partial charge in [0.05, 0.1) is 0 Å². The molecule has 2 aromatic rings. The Morgan fingerprint density at radius 3 is 3.08 bits per heavy atom. The summed E-state index contributed by atoms with van der Waals surface area (Å²) in [5.41, 5.74) is 1.25. The van der Waals surface area contributed by atoms with Crippen molar-refractivity contribution in [1.82, 2.24) is 4.98 Å². The topological polar surface area (TPSA) is 15.8 Å². The number of fused-ring (bicyclic) bond motifs is 1. The van der Waals surface area contributed by atoms with Crippen molar-refractivity contribution in [3.8, 4) is 0 Å². The van der Waals surface area contributed by atoms with Gasteiger partial charge in [0.1, 0.15) is 0 Å². The van der Waals surface area contributed by atoms with Crippen LogP contribution in [0.5, 0.6) is 0 Å². The van der Waals surface area contributed by atoms with Crippen molar-refractivity contribution >= 4 is 10.9 Å². The summed E-state index contributed by atoms with van der Waals surface area (Å²) in [5.74, 6) is 0. The second kappa shape index (κ2) is 3.47. The van der Waals surface area contributed by atoms with Crippen LogP contribution in [0.3, 0.4) is 0 Å². The number of aromatic nitrogens is 1. The van der Waals surface area contributed by atoms with Crippen LogP contribution in [-0.2, 0) is 0 Å². The predicted molar refractivity (Wildman–Crippen MR) is 47.5 cm³/mol. The Labute approximate surface area is 82.4 Å². The third-order valence-electron chi connectivity index (χ3n) is 1.80. The van der Waals surface area contributed by atoms with E-state index >= 15 is 0 Å². The standard InChI is InChI=1S/C10H11IN/c1-2-11-9-3-4-10-8(7-9)5-6-12-10/h3-7,12H,2H2,1H3/q-1. The van der Waals surface area contributed by atoms with Gasteiger partial charge in [-0.3, -0.25) is 0 Å². The molecule has 64 valence electrons. The zero-order valence-electron chi connectivity index (χ0n) is 6.97. The molecule has 0 bridgehead atoms. The maximum absolute atomic E-state index is 3.20. The van der Waals surface area contributed by atoms with Gasteiger partial charge in [-0.2, -0.15) is 0 Å². The molecule has 12 heavy (non-hydrogen) atoms. The Morgan fingerprint density at radius 1 is 1.33 bits per heavy atom. The minimum absolute atomic E-state index is 0.260. The van der Waals surface area contributed by atoms with Crippen molar-refractivity contribution < 1.29 is 21.2 Å². The number of rotatable bonds is 2. The number of H-pyrrole nitrogens is 1. The summed E-state index contributed by atoms with van der Waals surface area (Å²) in [5, 5.41) is 1.35. The monoisotopic (exact) mass is 272 g/mol. The van der Waals surface area contributed by atoms with Crippen molar-refractivity contribution in [1.29, 1.82) is 0 Å². The van der Waals surface area contributed by atoms with E-state index in [1.54, 1.807) is 3.57 Å². The SMILES string of the molecule is CC[I-]c1ccc2[nH]ccc2c1. The third kappa shape index (κ3) is 1.48. The summed E-state index contributed by atoms with van der Waals surface area (Å²) >= 11 is 0.260. The summed E-state index contributed by atoms with van der Waals surface area (Å²) in [6.07, 6.45) is 2.00. The first-order valence-electron chi connectivity index (χ1n) is 4.06. The molecule has 0 saturated carbocycles. The Kier molecular flexibility index (Phi) is 2.35. The summed E-state index contributed by atoms with van der Waals surface area (Å²) in [6, 6.07) is 8.87. The maximum atomic E-state index is 3.20. The van der Waals surface area contributed by atoms with E-state index < -0.39 is 0 Å². The number of benzene rings is 1. The molecular weight excluding hydrogens is 261 g/mol. The van der Waals surface area contributed by atoms with Crippen LogP contribution in [0.2, 0.25) is 0 Å². The number of alkyl halides is 1. The molecule has 0 fully saturated rings. The Balaban J connectivity index is 2.46. The van der Waals surface area contributed by atoms with Crippen LogP contribution in [0, 0.1) is 3.57 Å². The quantitative estimate of drug-likeness (QED) is 0.557. The second-order valence-corrected chi connectivity index (χ2v) is 6.14. The van der Waals surface area contributed by atoms with Crippen LogP contribution in [0.1, 0.15) is 6.92 Å². The first-order chi connectivity index (χ1) is 5.90. The van der Waals surface area contributed by atoms with Gasteiger partial charge in [-0.25, -0.2) is 0 Å². The van der Waals surface area contributed by atoms with Crippen molar-refractivity contribution in [2.75, 3.05) is 4.43 Å². The first-order valence-corrected chi connectivity index (χ1v) is 6.67. The average Bonchev–Trinajstić information content (AvgIpc) is 2.51. The van der Waals surface area contributed by atoms with Gasteiger partial charge in [0.15, 0.2) is 0 Å². The second-order valence-electron chi connectivity index (χ2n) is 2.61. The molecule has 0 aliphatic heterocycles. The fourth-order valence-electron chi connectivity index (χ4n) is 1.26. The molecule has 1 nitrogen and oxygen atoms in total. The summed E-state index contributed by atoms with van der Waals surface area (Å²) in [4.78, 5) is 3.20. The fourth-order valence-corrected chi connectivity index (χ4v) is 3.13. The molecule has 0 radical (unpaired) electrons. The van der Waals surface area contributed by atoms with E-state index in [1.165, 1.54) is 15.3 Å². The normalized spacial score (nSPS) is 11.1. The molecule has 2 rings (SSSR count).